The van der Waals surface area contributed by atoms with E-state index < -0.39 is 0 Å². The lowest BCUT2D eigenvalue weighted by atomic mass is 9.88. The molecule has 6 heteroatoms. The SMILES string of the molecule is CCOCc1c(Cc2ccccc2)c(Cc2ccccc2)cc2nc(N)c3[nH]c(CCCCl)nc3c12. The van der Waals surface area contributed by atoms with Gasteiger partial charge in [0.1, 0.15) is 22.7 Å². The van der Waals surface area contributed by atoms with Crippen LogP contribution in [0.4, 0.5) is 5.82 Å². The van der Waals surface area contributed by atoms with E-state index in [1.165, 1.54) is 22.3 Å². The van der Waals surface area contributed by atoms with Gasteiger partial charge >= 0.3 is 0 Å². The van der Waals surface area contributed by atoms with Crippen molar-refractivity contribution in [3.8, 4) is 0 Å². The number of fused-ring (bicyclic) bond motifs is 3. The first-order chi connectivity index (χ1) is 17.7. The molecule has 36 heavy (non-hydrogen) atoms. The molecule has 5 rings (SSSR count). The van der Waals surface area contributed by atoms with Crippen LogP contribution in [0.2, 0.25) is 0 Å². The first kappa shape index (κ1) is 24.3. The molecule has 0 radical (unpaired) electrons. The molecule has 0 aliphatic heterocycles. The predicted molar refractivity (Wildman–Crippen MR) is 149 cm³/mol. The molecule has 2 heterocycles. The highest BCUT2D eigenvalue weighted by Gasteiger charge is 2.21. The second kappa shape index (κ2) is 11.1. The minimum absolute atomic E-state index is 0.464. The number of nitrogens with one attached hydrogen (secondary N) is 1. The first-order valence-electron chi connectivity index (χ1n) is 12.5. The van der Waals surface area contributed by atoms with Crippen molar-refractivity contribution < 1.29 is 4.74 Å². The molecule has 3 N–H and O–H groups in total. The number of aryl methyl sites for hydroxylation is 1. The Kier molecular flexibility index (Phi) is 7.49. The molecule has 3 aromatic carbocycles. The van der Waals surface area contributed by atoms with Crippen LogP contribution in [0.3, 0.4) is 0 Å². The van der Waals surface area contributed by atoms with Gasteiger partial charge in [0.25, 0.3) is 0 Å². The number of H-pyrrole nitrogens is 1. The van der Waals surface area contributed by atoms with Gasteiger partial charge in [0.05, 0.1) is 12.1 Å². The number of aromatic amines is 1. The Labute approximate surface area is 216 Å². The van der Waals surface area contributed by atoms with E-state index in [4.69, 9.17) is 32.0 Å². The Bertz CT molecular complexity index is 1470. The number of nitrogens with zero attached hydrogens (tertiary/aromatic N) is 2. The van der Waals surface area contributed by atoms with Crippen LogP contribution in [0.1, 0.15) is 47.0 Å². The molecule has 5 aromatic rings. The number of alkyl halides is 1. The normalized spacial score (nSPS) is 11.5. The molecule has 0 spiro atoms. The Morgan fingerprint density at radius 2 is 1.61 bits per heavy atom. The number of rotatable bonds is 10. The monoisotopic (exact) mass is 498 g/mol. The van der Waals surface area contributed by atoms with E-state index in [0.29, 0.717) is 24.9 Å². The minimum atomic E-state index is 0.464. The quantitative estimate of drug-likeness (QED) is 0.213. The van der Waals surface area contributed by atoms with Gasteiger partial charge in [-0.2, -0.15) is 0 Å². The summed E-state index contributed by atoms with van der Waals surface area (Å²) in [5.41, 5.74) is 15.1. The van der Waals surface area contributed by atoms with Gasteiger partial charge in [-0.05, 0) is 60.1 Å². The smallest absolute Gasteiger partial charge is 0.150 e. The highest BCUT2D eigenvalue weighted by Crippen LogP contribution is 2.35. The Balaban J connectivity index is 1.77. The van der Waals surface area contributed by atoms with Crippen LogP contribution in [0.15, 0.2) is 66.7 Å². The van der Waals surface area contributed by atoms with Crippen molar-refractivity contribution in [1.82, 2.24) is 15.0 Å². The zero-order valence-electron chi connectivity index (χ0n) is 20.6. The lowest BCUT2D eigenvalue weighted by Crippen LogP contribution is -2.07. The minimum Gasteiger partial charge on any atom is -0.382 e. The zero-order chi connectivity index (χ0) is 24.9. The molecule has 5 nitrogen and oxygen atoms in total. The predicted octanol–water partition coefficient (Wildman–Crippen LogP) is 6.58. The number of benzene rings is 3. The molecule has 0 amide bonds. The fourth-order valence-electron chi connectivity index (χ4n) is 4.86. The van der Waals surface area contributed by atoms with Gasteiger partial charge in [-0.1, -0.05) is 60.7 Å². The summed E-state index contributed by atoms with van der Waals surface area (Å²) in [6.45, 7) is 3.14. The number of imidazole rings is 1. The second-order valence-electron chi connectivity index (χ2n) is 9.05. The number of nitrogens with two attached hydrogens (primary N) is 1. The summed E-state index contributed by atoms with van der Waals surface area (Å²) < 4.78 is 6.05. The molecule has 0 saturated carbocycles. The number of hydrogen-bond acceptors (Lipinski definition) is 4. The highest BCUT2D eigenvalue weighted by atomic mass is 35.5. The number of ether oxygens (including phenoxy) is 1. The molecular formula is C30H31ClN4O. The van der Waals surface area contributed by atoms with Gasteiger partial charge in [-0.25, -0.2) is 9.97 Å². The molecule has 0 atom stereocenters. The van der Waals surface area contributed by atoms with Crippen LogP contribution in [0.5, 0.6) is 0 Å². The van der Waals surface area contributed by atoms with Crippen LogP contribution in [-0.2, 0) is 30.6 Å². The van der Waals surface area contributed by atoms with E-state index >= 15 is 0 Å². The fraction of sp³-hybridized carbons (Fsp3) is 0.267. The number of aromatic nitrogens is 3. The Hall–Kier alpha value is -3.41. The maximum atomic E-state index is 6.44. The van der Waals surface area contributed by atoms with E-state index in [1.807, 2.05) is 13.0 Å². The van der Waals surface area contributed by atoms with Gasteiger partial charge in [0.2, 0.25) is 0 Å². The summed E-state index contributed by atoms with van der Waals surface area (Å²) in [6, 6.07) is 23.3. The molecule has 0 aliphatic carbocycles. The van der Waals surface area contributed by atoms with Crippen molar-refractivity contribution in [2.24, 2.45) is 0 Å². The van der Waals surface area contributed by atoms with Crippen LogP contribution in [-0.4, -0.2) is 27.4 Å². The van der Waals surface area contributed by atoms with Crippen LogP contribution >= 0.6 is 11.6 Å². The molecular weight excluding hydrogens is 468 g/mol. The van der Waals surface area contributed by atoms with E-state index in [1.54, 1.807) is 0 Å². The third-order valence-electron chi connectivity index (χ3n) is 6.57. The largest absolute Gasteiger partial charge is 0.382 e. The third-order valence-corrected chi connectivity index (χ3v) is 6.83. The summed E-state index contributed by atoms with van der Waals surface area (Å²) in [7, 11) is 0. The van der Waals surface area contributed by atoms with Crippen molar-refractivity contribution in [1.29, 1.82) is 0 Å². The summed E-state index contributed by atoms with van der Waals surface area (Å²) >= 11 is 5.95. The van der Waals surface area contributed by atoms with Crippen LogP contribution in [0, 0.1) is 0 Å². The van der Waals surface area contributed by atoms with Crippen molar-refractivity contribution in [3.05, 3.63) is 100 Å². The maximum absolute atomic E-state index is 6.44. The van der Waals surface area contributed by atoms with Crippen molar-refractivity contribution in [2.45, 2.75) is 39.2 Å². The van der Waals surface area contributed by atoms with Gasteiger partial charge in [-0.3, -0.25) is 0 Å². The van der Waals surface area contributed by atoms with Crippen LogP contribution < -0.4 is 5.73 Å². The summed E-state index contributed by atoms with van der Waals surface area (Å²) in [4.78, 5) is 13.2. The first-order valence-corrected chi connectivity index (χ1v) is 13.0. The second-order valence-corrected chi connectivity index (χ2v) is 9.42. The van der Waals surface area contributed by atoms with Gasteiger partial charge < -0.3 is 15.5 Å². The topological polar surface area (TPSA) is 76.8 Å². The van der Waals surface area contributed by atoms with Gasteiger partial charge in [-0.15, -0.1) is 11.6 Å². The number of anilines is 1. The Morgan fingerprint density at radius 3 is 2.28 bits per heavy atom. The molecule has 0 fully saturated rings. The standard InChI is InChI=1S/C30H31ClN4O/c1-2-36-19-24-23(17-21-12-7-4-8-13-21)22(16-20-10-5-3-6-11-20)18-25-27(24)28-29(30(32)33-25)35-26(34-28)14-9-15-31/h3-8,10-13,18H,2,9,14-17,19H2,1H3,(H2,32,33)(H,34,35). The van der Waals surface area contributed by atoms with E-state index in [9.17, 15) is 0 Å². The molecule has 0 aliphatic rings. The number of pyridine rings is 1. The third kappa shape index (κ3) is 5.08. The van der Waals surface area contributed by atoms with Gasteiger partial charge in [0.15, 0.2) is 0 Å². The lowest BCUT2D eigenvalue weighted by molar-refractivity contribution is 0.134. The van der Waals surface area contributed by atoms with E-state index in [2.05, 4.69) is 65.6 Å². The Morgan fingerprint density at radius 1 is 0.917 bits per heavy atom. The zero-order valence-corrected chi connectivity index (χ0v) is 21.3. The van der Waals surface area contributed by atoms with Gasteiger partial charge in [0, 0.05) is 24.3 Å². The summed E-state index contributed by atoms with van der Waals surface area (Å²) in [5, 5.41) is 1.02. The lowest BCUT2D eigenvalue weighted by Gasteiger charge is -2.19. The van der Waals surface area contributed by atoms with Crippen LogP contribution in [0.25, 0.3) is 21.9 Å². The molecule has 0 bridgehead atoms. The summed E-state index contributed by atoms with van der Waals surface area (Å²) in [6.07, 6.45) is 3.22. The van der Waals surface area contributed by atoms with E-state index in [-0.39, 0.29) is 0 Å². The average molecular weight is 499 g/mol. The van der Waals surface area contributed by atoms with Crippen molar-refractivity contribution in [2.75, 3.05) is 18.2 Å². The van der Waals surface area contributed by atoms with E-state index in [0.717, 1.165) is 59.0 Å². The maximum Gasteiger partial charge on any atom is 0.150 e. The molecule has 2 aromatic heterocycles. The van der Waals surface area contributed by atoms with Crippen molar-refractivity contribution >= 4 is 39.4 Å². The highest BCUT2D eigenvalue weighted by molar-refractivity contribution is 6.17. The fourth-order valence-corrected chi connectivity index (χ4v) is 4.99. The number of halogens is 1. The average Bonchev–Trinajstić information content (AvgIpc) is 3.33. The van der Waals surface area contributed by atoms with Crippen molar-refractivity contribution in [3.63, 3.8) is 0 Å². The number of nitrogen functional groups attached to an aromatic ring is 1. The molecule has 184 valence electrons. The molecule has 0 unspecified atom stereocenters. The summed E-state index contributed by atoms with van der Waals surface area (Å²) in [5.74, 6) is 1.93. The number of hydrogen-bond donors (Lipinski definition) is 2. The molecule has 0 saturated heterocycles.